The zero-order valence-electron chi connectivity index (χ0n) is 21.2. The predicted molar refractivity (Wildman–Crippen MR) is 141 cm³/mol. The van der Waals surface area contributed by atoms with Crippen molar-refractivity contribution in [1.29, 1.82) is 0 Å². The lowest BCUT2D eigenvalue weighted by atomic mass is 9.98. The van der Waals surface area contributed by atoms with Crippen LogP contribution < -0.4 is 9.54 Å². The van der Waals surface area contributed by atoms with Crippen LogP contribution in [0.15, 0.2) is 52.4 Å². The maximum atomic E-state index is 13.2. The van der Waals surface area contributed by atoms with Crippen molar-refractivity contribution in [2.45, 2.75) is 45.1 Å². The van der Waals surface area contributed by atoms with Crippen molar-refractivity contribution in [3.8, 4) is 5.75 Å². The lowest BCUT2D eigenvalue weighted by Gasteiger charge is -2.29. The van der Waals surface area contributed by atoms with Crippen LogP contribution >= 0.6 is 11.3 Å². The van der Waals surface area contributed by atoms with Crippen LogP contribution in [0.4, 0.5) is 0 Å². The summed E-state index contributed by atoms with van der Waals surface area (Å²) in [6.45, 7) is 6.74. The number of rotatable bonds is 8. The fourth-order valence-corrected chi connectivity index (χ4v) is 6.80. The van der Waals surface area contributed by atoms with Gasteiger partial charge in [-0.3, -0.25) is 9.59 Å². The summed E-state index contributed by atoms with van der Waals surface area (Å²) in [6.07, 6.45) is 0.759. The number of amides is 1. The maximum Gasteiger partial charge on any atom is 0.326 e. The Kier molecular flexibility index (Phi) is 8.46. The molecule has 0 bridgehead atoms. The quantitative estimate of drug-likeness (QED) is 0.401. The molecule has 1 aliphatic rings. The molecule has 1 amide bonds. The van der Waals surface area contributed by atoms with Crippen molar-refractivity contribution in [3.63, 3.8) is 0 Å². The van der Waals surface area contributed by atoms with Crippen molar-refractivity contribution >= 4 is 43.5 Å². The fraction of sp³-hybridized carbons (Fsp3) is 0.423. The fourth-order valence-electron chi connectivity index (χ4n) is 4.27. The first-order valence-corrected chi connectivity index (χ1v) is 14.6. The molecule has 2 heterocycles. The van der Waals surface area contributed by atoms with Gasteiger partial charge in [0.05, 0.1) is 28.3 Å². The third-order valence-electron chi connectivity index (χ3n) is 6.23. The Bertz CT molecular complexity index is 1450. The first-order chi connectivity index (χ1) is 17.7. The van der Waals surface area contributed by atoms with Crippen LogP contribution in [0.1, 0.15) is 32.3 Å². The van der Waals surface area contributed by atoms with Gasteiger partial charge in [0.1, 0.15) is 12.3 Å². The van der Waals surface area contributed by atoms with Gasteiger partial charge < -0.3 is 14.0 Å². The molecule has 1 aliphatic heterocycles. The average molecular weight is 546 g/mol. The van der Waals surface area contributed by atoms with E-state index in [1.54, 1.807) is 35.8 Å². The molecule has 0 saturated carbocycles. The van der Waals surface area contributed by atoms with E-state index >= 15 is 0 Å². The Morgan fingerprint density at radius 1 is 1.05 bits per heavy atom. The number of aryl methyl sites for hydroxylation is 1. The summed E-state index contributed by atoms with van der Waals surface area (Å²) in [7, 11) is -3.61. The average Bonchev–Trinajstić information content (AvgIpc) is 3.20. The van der Waals surface area contributed by atoms with Gasteiger partial charge >= 0.3 is 5.97 Å². The molecule has 0 N–H and O–H groups in total. The number of aromatic nitrogens is 1. The minimum Gasteiger partial charge on any atom is -0.494 e. The molecule has 1 aromatic heterocycles. The van der Waals surface area contributed by atoms with E-state index in [9.17, 15) is 18.0 Å². The molecule has 11 heteroatoms. The standard InChI is InChI=1S/C26H31N3O6S2/c1-4-34-20-8-11-22-23(16-20)36-26(29(22)17-24(30)35-5-2)27-25(31)19-12-14-28(15-13-19)37(32,33)21-9-6-18(3)7-10-21/h6-11,16,19H,4-5,12-15,17H2,1-3H3. The first-order valence-electron chi connectivity index (χ1n) is 12.3. The van der Waals surface area contributed by atoms with Gasteiger partial charge in [0.15, 0.2) is 4.80 Å². The number of sulfonamides is 1. The molecule has 0 atom stereocenters. The lowest BCUT2D eigenvalue weighted by Crippen LogP contribution is -2.40. The number of esters is 1. The summed E-state index contributed by atoms with van der Waals surface area (Å²) in [4.78, 5) is 30.5. The molecule has 2 aromatic carbocycles. The topological polar surface area (TPSA) is 107 Å². The highest BCUT2D eigenvalue weighted by Crippen LogP contribution is 2.26. The summed E-state index contributed by atoms with van der Waals surface area (Å²) >= 11 is 1.30. The van der Waals surface area contributed by atoms with Crippen molar-refractivity contribution in [2.75, 3.05) is 26.3 Å². The molecule has 1 saturated heterocycles. The molecular formula is C26H31N3O6S2. The molecule has 0 spiro atoms. The molecule has 1 fully saturated rings. The number of carbonyl (C=O) groups is 2. The highest BCUT2D eigenvalue weighted by Gasteiger charge is 2.32. The zero-order chi connectivity index (χ0) is 26.6. The van der Waals surface area contributed by atoms with Gasteiger partial charge in [-0.2, -0.15) is 9.30 Å². The SMILES string of the molecule is CCOC(=O)Cn1c(=NC(=O)C2CCN(S(=O)(=O)c3ccc(C)cc3)CC2)sc2cc(OCC)ccc21. The van der Waals surface area contributed by atoms with Crippen molar-refractivity contribution < 1.29 is 27.5 Å². The van der Waals surface area contributed by atoms with Crippen LogP contribution in [0.3, 0.4) is 0 Å². The number of benzene rings is 2. The third kappa shape index (κ3) is 6.11. The first kappa shape index (κ1) is 27.0. The van der Waals surface area contributed by atoms with Crippen LogP contribution in [0.5, 0.6) is 5.75 Å². The summed E-state index contributed by atoms with van der Waals surface area (Å²) in [5.41, 5.74) is 1.74. The van der Waals surface area contributed by atoms with Crippen molar-refractivity contribution in [3.05, 3.63) is 52.8 Å². The van der Waals surface area contributed by atoms with Gasteiger partial charge in [-0.25, -0.2) is 8.42 Å². The van der Waals surface area contributed by atoms with E-state index in [1.807, 2.05) is 32.0 Å². The van der Waals surface area contributed by atoms with E-state index in [2.05, 4.69) is 4.99 Å². The number of ether oxygens (including phenoxy) is 2. The van der Waals surface area contributed by atoms with Crippen LogP contribution in [0, 0.1) is 12.8 Å². The summed E-state index contributed by atoms with van der Waals surface area (Å²) in [6, 6.07) is 12.3. The van der Waals surface area contributed by atoms with Gasteiger partial charge in [-0.15, -0.1) is 0 Å². The second-order valence-electron chi connectivity index (χ2n) is 8.78. The van der Waals surface area contributed by atoms with Gasteiger partial charge in [0.2, 0.25) is 10.0 Å². The molecular weight excluding hydrogens is 514 g/mol. The Morgan fingerprint density at radius 2 is 1.76 bits per heavy atom. The second-order valence-corrected chi connectivity index (χ2v) is 11.7. The highest BCUT2D eigenvalue weighted by atomic mass is 32.2. The Labute approximate surface area is 220 Å². The monoisotopic (exact) mass is 545 g/mol. The second kappa shape index (κ2) is 11.6. The lowest BCUT2D eigenvalue weighted by molar-refractivity contribution is -0.143. The predicted octanol–water partition coefficient (Wildman–Crippen LogP) is 3.50. The van der Waals surface area contributed by atoms with E-state index < -0.39 is 21.9 Å². The number of hydrogen-bond acceptors (Lipinski definition) is 7. The number of thiazole rings is 1. The van der Waals surface area contributed by atoms with Crippen molar-refractivity contribution in [2.24, 2.45) is 10.9 Å². The van der Waals surface area contributed by atoms with E-state index in [-0.39, 0.29) is 37.0 Å². The Balaban J connectivity index is 1.56. The smallest absolute Gasteiger partial charge is 0.326 e. The zero-order valence-corrected chi connectivity index (χ0v) is 22.8. The van der Waals surface area contributed by atoms with Crippen LogP contribution in [-0.4, -0.2) is 55.5 Å². The summed E-state index contributed by atoms with van der Waals surface area (Å²) < 4.78 is 40.7. The third-order valence-corrected chi connectivity index (χ3v) is 9.18. The van der Waals surface area contributed by atoms with Crippen LogP contribution in [-0.2, 0) is 30.9 Å². The van der Waals surface area contributed by atoms with Crippen LogP contribution in [0.25, 0.3) is 10.2 Å². The molecule has 0 aliphatic carbocycles. The number of fused-ring (bicyclic) bond motifs is 1. The highest BCUT2D eigenvalue weighted by molar-refractivity contribution is 7.89. The number of nitrogens with zero attached hydrogens (tertiary/aromatic N) is 3. The number of hydrogen-bond donors (Lipinski definition) is 0. The molecule has 0 radical (unpaired) electrons. The largest absolute Gasteiger partial charge is 0.494 e. The maximum absolute atomic E-state index is 13.2. The number of piperidine rings is 1. The molecule has 37 heavy (non-hydrogen) atoms. The normalized spacial score (nSPS) is 15.7. The van der Waals surface area contributed by atoms with Gasteiger partial charge in [-0.1, -0.05) is 29.0 Å². The van der Waals surface area contributed by atoms with E-state index in [1.165, 1.54) is 15.6 Å². The minimum atomic E-state index is -3.61. The summed E-state index contributed by atoms with van der Waals surface area (Å²) in [5.74, 6) is -0.439. The Morgan fingerprint density at radius 3 is 2.41 bits per heavy atom. The van der Waals surface area contributed by atoms with E-state index in [0.717, 1.165) is 15.8 Å². The molecule has 198 valence electrons. The van der Waals surface area contributed by atoms with Gasteiger partial charge in [-0.05, 0) is 63.9 Å². The van der Waals surface area contributed by atoms with Crippen molar-refractivity contribution in [1.82, 2.24) is 8.87 Å². The molecule has 3 aromatic rings. The van der Waals surface area contributed by atoms with Crippen LogP contribution in [0.2, 0.25) is 0 Å². The van der Waals surface area contributed by atoms with E-state index in [4.69, 9.17) is 9.47 Å². The Hall–Kier alpha value is -3.02. The molecule has 4 rings (SSSR count). The molecule has 9 nitrogen and oxygen atoms in total. The number of carbonyl (C=O) groups excluding carboxylic acids is 2. The van der Waals surface area contributed by atoms with Gasteiger partial charge in [0.25, 0.3) is 5.91 Å². The minimum absolute atomic E-state index is 0.0683. The summed E-state index contributed by atoms with van der Waals surface area (Å²) in [5, 5.41) is 0. The van der Waals surface area contributed by atoms with E-state index in [0.29, 0.717) is 30.0 Å². The molecule has 0 unspecified atom stereocenters. The van der Waals surface area contributed by atoms with Gasteiger partial charge in [0, 0.05) is 19.0 Å².